The number of hydrogen-bond donors (Lipinski definition) is 0. The largest absolute Gasteiger partial charge is 0.493 e. The molecule has 0 radical (unpaired) electrons. The van der Waals surface area contributed by atoms with Crippen LogP contribution in [-0.4, -0.2) is 20.0 Å². The highest BCUT2D eigenvalue weighted by atomic mass is 32.1. The summed E-state index contributed by atoms with van der Waals surface area (Å²) >= 11 is 1.61. The van der Waals surface area contributed by atoms with Crippen LogP contribution in [0.15, 0.2) is 48.5 Å². The molecule has 2 aromatic carbocycles. The Balaban J connectivity index is 1.57. The van der Waals surface area contributed by atoms with E-state index in [-0.39, 0.29) is 11.2 Å². The minimum Gasteiger partial charge on any atom is -0.493 e. The van der Waals surface area contributed by atoms with Gasteiger partial charge in [0.15, 0.2) is 17.3 Å². The number of thiophene rings is 1. The van der Waals surface area contributed by atoms with E-state index in [4.69, 9.17) is 9.47 Å². The lowest BCUT2D eigenvalue weighted by Crippen LogP contribution is -2.30. The maximum absolute atomic E-state index is 13.0. The fourth-order valence-corrected chi connectivity index (χ4v) is 5.70. The highest BCUT2D eigenvalue weighted by molar-refractivity contribution is 7.20. The standard InChI is InChI=1S/C25H28O3S/c1-27-21-11-10-19(17-22(21)28-2)25(13-6-3-7-14-25)15-12-20(26)24-16-18-8-4-5-9-23(18)29-24/h4-5,8-11,16-17H,3,6-7,12-15H2,1-2H3. The molecule has 0 saturated heterocycles. The molecule has 3 nitrogen and oxygen atoms in total. The van der Waals surface area contributed by atoms with Crippen molar-refractivity contribution >= 4 is 27.2 Å². The number of hydrogen-bond acceptors (Lipinski definition) is 4. The molecule has 0 spiro atoms. The fourth-order valence-electron chi connectivity index (χ4n) is 4.67. The summed E-state index contributed by atoms with van der Waals surface area (Å²) in [6.45, 7) is 0. The molecule has 1 aromatic heterocycles. The van der Waals surface area contributed by atoms with Crippen molar-refractivity contribution in [1.82, 2.24) is 0 Å². The van der Waals surface area contributed by atoms with Crippen molar-refractivity contribution in [3.8, 4) is 11.5 Å². The first-order valence-electron chi connectivity index (χ1n) is 10.4. The van der Waals surface area contributed by atoms with Gasteiger partial charge in [0.2, 0.25) is 0 Å². The van der Waals surface area contributed by atoms with E-state index in [1.165, 1.54) is 29.5 Å². The number of fused-ring (bicyclic) bond motifs is 1. The molecule has 0 amide bonds. The van der Waals surface area contributed by atoms with Gasteiger partial charge in [0, 0.05) is 11.1 Å². The van der Waals surface area contributed by atoms with Crippen LogP contribution in [0.3, 0.4) is 0 Å². The van der Waals surface area contributed by atoms with Crippen LogP contribution in [0.1, 0.15) is 60.2 Å². The van der Waals surface area contributed by atoms with E-state index < -0.39 is 0 Å². The first kappa shape index (κ1) is 20.0. The minimum atomic E-state index is 0.0458. The third-order valence-electron chi connectivity index (χ3n) is 6.34. The maximum atomic E-state index is 13.0. The Morgan fingerprint density at radius 2 is 1.72 bits per heavy atom. The first-order chi connectivity index (χ1) is 14.1. The van der Waals surface area contributed by atoms with Crippen molar-refractivity contribution in [2.45, 2.75) is 50.4 Å². The van der Waals surface area contributed by atoms with Crippen molar-refractivity contribution in [2.24, 2.45) is 0 Å². The molecule has 152 valence electrons. The number of Topliss-reactive ketones (excluding diaryl/α,β-unsaturated/α-hetero) is 1. The Morgan fingerprint density at radius 3 is 2.45 bits per heavy atom. The molecule has 0 N–H and O–H groups in total. The van der Waals surface area contributed by atoms with E-state index in [1.54, 1.807) is 25.6 Å². The third kappa shape index (κ3) is 4.04. The molecule has 1 fully saturated rings. The second-order valence-corrected chi connectivity index (χ2v) is 9.07. The predicted octanol–water partition coefficient (Wildman–Crippen LogP) is 6.78. The third-order valence-corrected chi connectivity index (χ3v) is 7.49. The van der Waals surface area contributed by atoms with Gasteiger partial charge in [-0.15, -0.1) is 11.3 Å². The summed E-state index contributed by atoms with van der Waals surface area (Å²) in [6.07, 6.45) is 7.43. The number of carbonyl (C=O) groups excluding carboxylic acids is 1. The number of methoxy groups -OCH3 is 2. The van der Waals surface area contributed by atoms with Crippen LogP contribution in [0.25, 0.3) is 10.1 Å². The molecule has 1 heterocycles. The highest BCUT2D eigenvalue weighted by Gasteiger charge is 2.35. The van der Waals surface area contributed by atoms with Crippen LogP contribution in [0.2, 0.25) is 0 Å². The van der Waals surface area contributed by atoms with Gasteiger partial charge in [0.25, 0.3) is 0 Å². The molecule has 3 aromatic rings. The molecular formula is C25H28O3S. The smallest absolute Gasteiger partial charge is 0.172 e. The van der Waals surface area contributed by atoms with Crippen molar-refractivity contribution in [1.29, 1.82) is 0 Å². The summed E-state index contributed by atoms with van der Waals surface area (Å²) in [5, 5.41) is 1.16. The number of ether oxygens (including phenoxy) is 2. The van der Waals surface area contributed by atoms with Crippen LogP contribution in [-0.2, 0) is 5.41 Å². The maximum Gasteiger partial charge on any atom is 0.172 e. The van der Waals surface area contributed by atoms with E-state index in [9.17, 15) is 4.79 Å². The van der Waals surface area contributed by atoms with Crippen LogP contribution >= 0.6 is 11.3 Å². The van der Waals surface area contributed by atoms with E-state index in [1.807, 2.05) is 24.3 Å². The summed E-state index contributed by atoms with van der Waals surface area (Å²) in [5.41, 5.74) is 1.32. The molecule has 0 bridgehead atoms. The molecule has 0 aliphatic heterocycles. The van der Waals surface area contributed by atoms with Crippen LogP contribution in [0.4, 0.5) is 0 Å². The van der Waals surface area contributed by atoms with E-state index >= 15 is 0 Å². The van der Waals surface area contributed by atoms with Gasteiger partial charge in [-0.05, 0) is 59.9 Å². The minimum absolute atomic E-state index is 0.0458. The zero-order valence-corrected chi connectivity index (χ0v) is 18.0. The Labute approximate surface area is 176 Å². The molecule has 0 atom stereocenters. The van der Waals surface area contributed by atoms with Crippen molar-refractivity contribution in [2.75, 3.05) is 14.2 Å². The molecule has 0 unspecified atom stereocenters. The molecule has 4 heteroatoms. The second-order valence-electron chi connectivity index (χ2n) is 7.98. The van der Waals surface area contributed by atoms with Gasteiger partial charge in [0.05, 0.1) is 19.1 Å². The van der Waals surface area contributed by atoms with Gasteiger partial charge in [-0.25, -0.2) is 0 Å². The summed E-state index contributed by atoms with van der Waals surface area (Å²) in [5.74, 6) is 1.78. The zero-order chi connectivity index (χ0) is 20.3. The average Bonchev–Trinajstić information content (AvgIpc) is 3.22. The predicted molar refractivity (Wildman–Crippen MR) is 120 cm³/mol. The Bertz CT molecular complexity index is 965. The number of benzene rings is 2. The Kier molecular flexibility index (Phi) is 5.91. The molecular weight excluding hydrogens is 380 g/mol. The molecule has 4 rings (SSSR count). The lowest BCUT2D eigenvalue weighted by Gasteiger charge is -2.38. The highest BCUT2D eigenvalue weighted by Crippen LogP contribution is 2.45. The van der Waals surface area contributed by atoms with Gasteiger partial charge in [0.1, 0.15) is 0 Å². The molecule has 1 aliphatic carbocycles. The number of carbonyl (C=O) groups is 1. The van der Waals surface area contributed by atoms with Gasteiger partial charge in [-0.1, -0.05) is 43.5 Å². The number of rotatable bonds is 7. The quantitative estimate of drug-likeness (QED) is 0.404. The second kappa shape index (κ2) is 8.58. The van der Waals surface area contributed by atoms with Crippen LogP contribution in [0.5, 0.6) is 11.5 Å². The average molecular weight is 409 g/mol. The molecule has 1 aliphatic rings. The van der Waals surface area contributed by atoms with E-state index in [0.29, 0.717) is 6.42 Å². The lowest BCUT2D eigenvalue weighted by atomic mass is 9.66. The summed E-state index contributed by atoms with van der Waals surface area (Å²) in [6, 6.07) is 16.5. The summed E-state index contributed by atoms with van der Waals surface area (Å²) in [7, 11) is 3.34. The zero-order valence-electron chi connectivity index (χ0n) is 17.2. The van der Waals surface area contributed by atoms with Crippen molar-refractivity contribution < 1.29 is 14.3 Å². The SMILES string of the molecule is COc1ccc(C2(CCC(=O)c3cc4ccccc4s3)CCCCC2)cc1OC. The Morgan fingerprint density at radius 1 is 0.966 bits per heavy atom. The van der Waals surface area contributed by atoms with Crippen molar-refractivity contribution in [3.63, 3.8) is 0 Å². The van der Waals surface area contributed by atoms with Gasteiger partial charge in [-0.3, -0.25) is 4.79 Å². The fraction of sp³-hybridized carbons (Fsp3) is 0.400. The van der Waals surface area contributed by atoms with Crippen LogP contribution < -0.4 is 9.47 Å². The van der Waals surface area contributed by atoms with Gasteiger partial charge in [-0.2, -0.15) is 0 Å². The summed E-state index contributed by atoms with van der Waals surface area (Å²) in [4.78, 5) is 13.9. The van der Waals surface area contributed by atoms with E-state index in [2.05, 4.69) is 24.3 Å². The normalized spacial score (nSPS) is 15.9. The first-order valence-corrected chi connectivity index (χ1v) is 11.2. The Hall–Kier alpha value is -2.33. The topological polar surface area (TPSA) is 35.5 Å². The molecule has 1 saturated carbocycles. The van der Waals surface area contributed by atoms with E-state index in [0.717, 1.165) is 41.0 Å². The molecule has 29 heavy (non-hydrogen) atoms. The monoisotopic (exact) mass is 408 g/mol. The van der Waals surface area contributed by atoms with Gasteiger partial charge < -0.3 is 9.47 Å². The lowest BCUT2D eigenvalue weighted by molar-refractivity contribution is 0.0967. The van der Waals surface area contributed by atoms with Crippen LogP contribution in [0, 0.1) is 0 Å². The van der Waals surface area contributed by atoms with Gasteiger partial charge >= 0.3 is 0 Å². The van der Waals surface area contributed by atoms with Crippen molar-refractivity contribution in [3.05, 3.63) is 59.0 Å². The summed E-state index contributed by atoms with van der Waals surface area (Å²) < 4.78 is 12.2. The number of ketones is 1.